The maximum absolute atomic E-state index is 12.7. The first kappa shape index (κ1) is 19.6. The lowest BCUT2D eigenvalue weighted by molar-refractivity contribution is -0.117. The zero-order valence-corrected chi connectivity index (χ0v) is 16.7. The molecule has 1 saturated heterocycles. The summed E-state index contributed by atoms with van der Waals surface area (Å²) in [4.78, 5) is 27.5. The Bertz CT molecular complexity index is 801. The molecule has 5 heteroatoms. The quantitative estimate of drug-likeness (QED) is 0.460. The van der Waals surface area contributed by atoms with E-state index in [1.54, 1.807) is 0 Å². The summed E-state index contributed by atoms with van der Waals surface area (Å²) in [6, 6.07) is 7.99. The summed E-state index contributed by atoms with van der Waals surface area (Å²) in [5.74, 6) is -0.127. The molecule has 1 aliphatic heterocycles. The van der Waals surface area contributed by atoms with Crippen molar-refractivity contribution in [2.24, 2.45) is 5.92 Å². The monoisotopic (exact) mass is 369 g/mol. The van der Waals surface area contributed by atoms with Crippen LogP contribution in [0.2, 0.25) is 0 Å². The SMILES string of the molecule is CC1CCN(CCCNC(=O)C(=O)c2cn(C(C)C)c3ccccc23)CC1. The van der Waals surface area contributed by atoms with Crippen LogP contribution in [0.5, 0.6) is 0 Å². The van der Waals surface area contributed by atoms with Crippen LogP contribution in [0.25, 0.3) is 10.9 Å². The minimum atomic E-state index is -0.506. The summed E-state index contributed by atoms with van der Waals surface area (Å²) < 4.78 is 2.05. The first-order valence-corrected chi connectivity index (χ1v) is 10.1. The average Bonchev–Trinajstić information content (AvgIpc) is 3.06. The Hall–Kier alpha value is -2.14. The number of piperidine rings is 1. The van der Waals surface area contributed by atoms with E-state index in [9.17, 15) is 9.59 Å². The number of likely N-dealkylation sites (tertiary alicyclic amines) is 1. The zero-order valence-electron chi connectivity index (χ0n) is 16.7. The summed E-state index contributed by atoms with van der Waals surface area (Å²) in [5, 5.41) is 3.65. The van der Waals surface area contributed by atoms with E-state index < -0.39 is 11.7 Å². The van der Waals surface area contributed by atoms with Crippen LogP contribution in [0.1, 0.15) is 56.4 Å². The molecule has 3 rings (SSSR count). The van der Waals surface area contributed by atoms with E-state index in [4.69, 9.17) is 0 Å². The number of amides is 1. The average molecular weight is 370 g/mol. The van der Waals surface area contributed by atoms with Crippen molar-refractivity contribution < 1.29 is 9.59 Å². The first-order chi connectivity index (χ1) is 13.0. The number of ketones is 1. The summed E-state index contributed by atoms with van der Waals surface area (Å²) >= 11 is 0. The molecule has 1 fully saturated rings. The highest BCUT2D eigenvalue weighted by molar-refractivity contribution is 6.45. The highest BCUT2D eigenvalue weighted by Crippen LogP contribution is 2.25. The fraction of sp³-hybridized carbons (Fsp3) is 0.545. The molecule has 0 aliphatic carbocycles. The minimum Gasteiger partial charge on any atom is -0.349 e. The van der Waals surface area contributed by atoms with Gasteiger partial charge in [-0.15, -0.1) is 0 Å². The summed E-state index contributed by atoms with van der Waals surface area (Å²) in [7, 11) is 0. The number of fused-ring (bicyclic) bond motifs is 1. The van der Waals surface area contributed by atoms with Crippen LogP contribution in [-0.4, -0.2) is 47.3 Å². The summed E-state index contributed by atoms with van der Waals surface area (Å²) in [6.45, 7) is 10.3. The Labute approximate surface area is 161 Å². The molecule has 0 bridgehead atoms. The largest absolute Gasteiger partial charge is 0.349 e. The number of carbonyl (C=O) groups is 2. The number of Topliss-reactive ketones (excluding diaryl/α,β-unsaturated/α-hetero) is 1. The predicted octanol–water partition coefficient (Wildman–Crippen LogP) is 3.64. The van der Waals surface area contributed by atoms with E-state index in [0.717, 1.165) is 42.9 Å². The Kier molecular flexibility index (Phi) is 6.32. The number of nitrogens with zero attached hydrogens (tertiary/aromatic N) is 2. The maximum atomic E-state index is 12.7. The number of hydrogen-bond acceptors (Lipinski definition) is 3. The molecule has 0 saturated carbocycles. The van der Waals surface area contributed by atoms with Crippen LogP contribution in [0, 0.1) is 5.92 Å². The Morgan fingerprint density at radius 2 is 1.89 bits per heavy atom. The van der Waals surface area contributed by atoms with Crippen molar-refractivity contribution in [2.45, 2.75) is 46.1 Å². The van der Waals surface area contributed by atoms with Crippen LogP contribution in [0.4, 0.5) is 0 Å². The molecular weight excluding hydrogens is 338 g/mol. The van der Waals surface area contributed by atoms with Crippen molar-refractivity contribution in [3.63, 3.8) is 0 Å². The lowest BCUT2D eigenvalue weighted by Gasteiger charge is -2.30. The van der Waals surface area contributed by atoms with Gasteiger partial charge in [0.2, 0.25) is 0 Å². The van der Waals surface area contributed by atoms with E-state index in [0.29, 0.717) is 12.1 Å². The van der Waals surface area contributed by atoms with Gasteiger partial charge < -0.3 is 14.8 Å². The van der Waals surface area contributed by atoms with Crippen LogP contribution in [0.15, 0.2) is 30.5 Å². The second-order valence-electron chi connectivity index (χ2n) is 8.02. The summed E-state index contributed by atoms with van der Waals surface area (Å²) in [6.07, 6.45) is 5.20. The van der Waals surface area contributed by atoms with E-state index in [1.165, 1.54) is 12.8 Å². The van der Waals surface area contributed by atoms with Crippen LogP contribution in [0.3, 0.4) is 0 Å². The fourth-order valence-corrected chi connectivity index (χ4v) is 3.81. The highest BCUT2D eigenvalue weighted by atomic mass is 16.2. The van der Waals surface area contributed by atoms with Crippen molar-refractivity contribution in [1.82, 2.24) is 14.8 Å². The van der Waals surface area contributed by atoms with Crippen LogP contribution >= 0.6 is 0 Å². The summed E-state index contributed by atoms with van der Waals surface area (Å²) in [5.41, 5.74) is 1.48. The predicted molar refractivity (Wildman–Crippen MR) is 109 cm³/mol. The number of benzene rings is 1. The first-order valence-electron chi connectivity index (χ1n) is 10.1. The molecule has 0 radical (unpaired) electrons. The lowest BCUT2D eigenvalue weighted by atomic mass is 9.99. The van der Waals surface area contributed by atoms with Gasteiger partial charge in [-0.1, -0.05) is 25.1 Å². The van der Waals surface area contributed by atoms with Crippen molar-refractivity contribution in [1.29, 1.82) is 0 Å². The molecule has 1 amide bonds. The molecule has 146 valence electrons. The van der Waals surface area contributed by atoms with Crippen LogP contribution < -0.4 is 5.32 Å². The van der Waals surface area contributed by atoms with Crippen molar-refractivity contribution in [3.05, 3.63) is 36.0 Å². The molecule has 1 N–H and O–H groups in total. The molecule has 1 aromatic carbocycles. The zero-order chi connectivity index (χ0) is 19.4. The number of rotatable bonds is 7. The van der Waals surface area contributed by atoms with E-state index in [-0.39, 0.29) is 6.04 Å². The number of para-hydroxylation sites is 1. The molecular formula is C22H31N3O2. The normalized spacial score (nSPS) is 16.1. The topological polar surface area (TPSA) is 54.3 Å². The third-order valence-electron chi connectivity index (χ3n) is 5.56. The Balaban J connectivity index is 1.56. The minimum absolute atomic E-state index is 0.228. The molecule has 1 aliphatic rings. The third-order valence-corrected chi connectivity index (χ3v) is 5.56. The second kappa shape index (κ2) is 8.70. The van der Waals surface area contributed by atoms with Gasteiger partial charge in [-0.3, -0.25) is 9.59 Å². The molecule has 5 nitrogen and oxygen atoms in total. The molecule has 2 aromatic rings. The second-order valence-corrected chi connectivity index (χ2v) is 8.02. The number of nitrogens with one attached hydrogen (secondary N) is 1. The molecule has 2 heterocycles. The van der Waals surface area contributed by atoms with Crippen molar-refractivity contribution in [3.8, 4) is 0 Å². The third kappa shape index (κ3) is 4.59. The number of aromatic nitrogens is 1. The van der Waals surface area contributed by atoms with E-state index >= 15 is 0 Å². The van der Waals surface area contributed by atoms with Gasteiger partial charge in [-0.25, -0.2) is 0 Å². The molecule has 0 atom stereocenters. The standard InChI is InChI=1S/C22H31N3O2/c1-16(2)25-15-19(18-7-4-5-8-20(18)25)21(26)22(27)23-11-6-12-24-13-9-17(3)10-14-24/h4-5,7-8,15-17H,6,9-14H2,1-3H3,(H,23,27). The van der Waals surface area contributed by atoms with Crippen LogP contribution in [-0.2, 0) is 4.79 Å². The van der Waals surface area contributed by atoms with E-state index in [2.05, 4.69) is 31.0 Å². The highest BCUT2D eigenvalue weighted by Gasteiger charge is 2.22. The number of hydrogen-bond donors (Lipinski definition) is 1. The maximum Gasteiger partial charge on any atom is 0.292 e. The van der Waals surface area contributed by atoms with Crippen molar-refractivity contribution >= 4 is 22.6 Å². The van der Waals surface area contributed by atoms with Crippen molar-refractivity contribution in [2.75, 3.05) is 26.2 Å². The Morgan fingerprint density at radius 1 is 1.19 bits per heavy atom. The molecule has 0 spiro atoms. The van der Waals surface area contributed by atoms with Gasteiger partial charge in [0.1, 0.15) is 0 Å². The van der Waals surface area contributed by atoms with Gasteiger partial charge >= 0.3 is 0 Å². The smallest absolute Gasteiger partial charge is 0.292 e. The Morgan fingerprint density at radius 3 is 2.59 bits per heavy atom. The van der Waals surface area contributed by atoms with E-state index in [1.807, 2.05) is 35.0 Å². The van der Waals surface area contributed by atoms with Gasteiger partial charge in [-0.05, 0) is 64.7 Å². The molecule has 27 heavy (non-hydrogen) atoms. The van der Waals surface area contributed by atoms with Gasteiger partial charge in [-0.2, -0.15) is 0 Å². The molecule has 1 aromatic heterocycles. The van der Waals surface area contributed by atoms with Gasteiger partial charge in [0, 0.05) is 29.7 Å². The van der Waals surface area contributed by atoms with Gasteiger partial charge in [0.25, 0.3) is 11.7 Å². The van der Waals surface area contributed by atoms with Gasteiger partial charge in [0.05, 0.1) is 5.56 Å². The molecule has 0 unspecified atom stereocenters. The lowest BCUT2D eigenvalue weighted by Crippen LogP contribution is -2.36. The number of carbonyl (C=O) groups excluding carboxylic acids is 2. The van der Waals surface area contributed by atoms with Gasteiger partial charge in [0.15, 0.2) is 0 Å². The fourth-order valence-electron chi connectivity index (χ4n) is 3.81.